The lowest BCUT2D eigenvalue weighted by Crippen LogP contribution is -2.37. The summed E-state index contributed by atoms with van der Waals surface area (Å²) in [6, 6.07) is 14.4. The van der Waals surface area contributed by atoms with Gasteiger partial charge in [-0.05, 0) is 36.2 Å². The van der Waals surface area contributed by atoms with Crippen LogP contribution < -0.4 is 15.8 Å². The molecule has 0 saturated heterocycles. The number of fused-ring (bicyclic) bond motifs is 1. The third-order valence-corrected chi connectivity index (χ3v) is 4.50. The summed E-state index contributed by atoms with van der Waals surface area (Å²) in [5.41, 5.74) is 9.59. The van der Waals surface area contributed by atoms with Gasteiger partial charge in [0.15, 0.2) is 5.96 Å². The minimum Gasteiger partial charge on any atom is -0.493 e. The van der Waals surface area contributed by atoms with Crippen LogP contribution in [0.1, 0.15) is 29.2 Å². The normalized spacial score (nSPS) is 16.6. The van der Waals surface area contributed by atoms with E-state index in [9.17, 15) is 0 Å². The number of benzene rings is 2. The number of aliphatic imine (C=N–C) groups is 1. The van der Waals surface area contributed by atoms with Gasteiger partial charge in [-0.25, -0.2) is 4.99 Å². The molecular weight excluding hydrogens is 481 g/mol. The fourth-order valence-electron chi connectivity index (χ4n) is 2.72. The maximum Gasteiger partial charge on any atom is 0.189 e. The summed E-state index contributed by atoms with van der Waals surface area (Å²) in [5.74, 6) is 1.39. The zero-order valence-corrected chi connectivity index (χ0v) is 17.4. The predicted molar refractivity (Wildman–Crippen MR) is 112 cm³/mol. The SMILES string of the molecule is Cc1cc(Br)ccc1CN=C(N)NC1CCOc2ccccc21.I. The highest BCUT2D eigenvalue weighted by Gasteiger charge is 2.21. The second-order valence-corrected chi connectivity index (χ2v) is 6.56. The number of guanidine groups is 1. The zero-order valence-electron chi connectivity index (χ0n) is 13.5. The molecule has 0 aliphatic carbocycles. The van der Waals surface area contributed by atoms with E-state index in [0.29, 0.717) is 19.1 Å². The second kappa shape index (κ2) is 8.71. The summed E-state index contributed by atoms with van der Waals surface area (Å²) in [6.45, 7) is 3.34. The summed E-state index contributed by atoms with van der Waals surface area (Å²) in [6.07, 6.45) is 0.880. The van der Waals surface area contributed by atoms with Crippen molar-refractivity contribution in [2.24, 2.45) is 10.7 Å². The van der Waals surface area contributed by atoms with E-state index >= 15 is 0 Å². The van der Waals surface area contributed by atoms with Crippen molar-refractivity contribution in [3.63, 3.8) is 0 Å². The minimum absolute atomic E-state index is 0. The fourth-order valence-corrected chi connectivity index (χ4v) is 3.20. The Morgan fingerprint density at radius 2 is 2.12 bits per heavy atom. The lowest BCUT2D eigenvalue weighted by atomic mass is 10.0. The van der Waals surface area contributed by atoms with E-state index in [2.05, 4.69) is 51.4 Å². The first kappa shape index (κ1) is 19.1. The molecule has 0 aromatic heterocycles. The van der Waals surface area contributed by atoms with Gasteiger partial charge in [0.05, 0.1) is 19.2 Å². The Bertz CT molecular complexity index is 736. The van der Waals surface area contributed by atoms with Crippen LogP contribution in [0.3, 0.4) is 0 Å². The average molecular weight is 502 g/mol. The Hall–Kier alpha value is -1.28. The largest absolute Gasteiger partial charge is 0.493 e. The fraction of sp³-hybridized carbons (Fsp3) is 0.278. The van der Waals surface area contributed by atoms with Gasteiger partial charge in [-0.1, -0.05) is 40.2 Å². The molecule has 24 heavy (non-hydrogen) atoms. The van der Waals surface area contributed by atoms with Crippen molar-refractivity contribution in [2.45, 2.75) is 25.9 Å². The summed E-state index contributed by atoms with van der Waals surface area (Å²) >= 11 is 3.47. The van der Waals surface area contributed by atoms with Crippen LogP contribution in [-0.4, -0.2) is 12.6 Å². The zero-order chi connectivity index (χ0) is 16.2. The van der Waals surface area contributed by atoms with Gasteiger partial charge in [0.2, 0.25) is 0 Å². The smallest absolute Gasteiger partial charge is 0.189 e. The van der Waals surface area contributed by atoms with E-state index in [0.717, 1.165) is 22.2 Å². The Morgan fingerprint density at radius 1 is 1.33 bits per heavy atom. The summed E-state index contributed by atoms with van der Waals surface area (Å²) in [4.78, 5) is 4.48. The van der Waals surface area contributed by atoms with Crippen LogP contribution in [0.2, 0.25) is 0 Å². The van der Waals surface area contributed by atoms with Crippen molar-refractivity contribution < 1.29 is 4.74 Å². The molecule has 1 aliphatic heterocycles. The third kappa shape index (κ3) is 4.63. The van der Waals surface area contributed by atoms with Gasteiger partial charge in [0, 0.05) is 16.5 Å². The first-order chi connectivity index (χ1) is 11.1. The lowest BCUT2D eigenvalue weighted by Gasteiger charge is -2.26. The van der Waals surface area contributed by atoms with Crippen LogP contribution in [0.5, 0.6) is 5.75 Å². The Kier molecular flexibility index (Phi) is 6.91. The molecule has 1 atom stereocenters. The van der Waals surface area contributed by atoms with Gasteiger partial charge in [-0.3, -0.25) is 0 Å². The summed E-state index contributed by atoms with van der Waals surface area (Å²) in [7, 11) is 0. The van der Waals surface area contributed by atoms with Crippen molar-refractivity contribution in [1.29, 1.82) is 0 Å². The molecule has 0 radical (unpaired) electrons. The van der Waals surface area contributed by atoms with Crippen molar-refractivity contribution in [2.75, 3.05) is 6.61 Å². The maximum atomic E-state index is 6.08. The number of ether oxygens (including phenoxy) is 1. The van der Waals surface area contributed by atoms with E-state index in [4.69, 9.17) is 10.5 Å². The Morgan fingerprint density at radius 3 is 2.92 bits per heavy atom. The van der Waals surface area contributed by atoms with Gasteiger partial charge in [0.1, 0.15) is 5.75 Å². The number of hydrogen-bond acceptors (Lipinski definition) is 2. The van der Waals surface area contributed by atoms with Gasteiger partial charge in [-0.2, -0.15) is 0 Å². The Balaban J connectivity index is 0.00000208. The van der Waals surface area contributed by atoms with Crippen molar-refractivity contribution in [3.05, 3.63) is 63.6 Å². The molecule has 4 nitrogen and oxygen atoms in total. The van der Waals surface area contributed by atoms with E-state index < -0.39 is 0 Å². The number of halogens is 2. The Labute approximate surface area is 168 Å². The topological polar surface area (TPSA) is 59.6 Å². The molecule has 0 spiro atoms. The predicted octanol–water partition coefficient (Wildman–Crippen LogP) is 4.30. The molecule has 1 heterocycles. The monoisotopic (exact) mass is 501 g/mol. The highest BCUT2D eigenvalue weighted by molar-refractivity contribution is 14.0. The molecule has 0 saturated carbocycles. The second-order valence-electron chi connectivity index (χ2n) is 5.64. The highest BCUT2D eigenvalue weighted by Crippen LogP contribution is 2.31. The number of nitrogens with zero attached hydrogens (tertiary/aromatic N) is 1. The number of aryl methyl sites for hydroxylation is 1. The van der Waals surface area contributed by atoms with Gasteiger partial charge in [0.25, 0.3) is 0 Å². The summed E-state index contributed by atoms with van der Waals surface area (Å²) in [5, 5.41) is 3.31. The standard InChI is InChI=1S/C18H20BrN3O.HI/c1-12-10-14(19)7-6-13(12)11-21-18(20)22-16-8-9-23-17-5-3-2-4-15(16)17;/h2-7,10,16H,8-9,11H2,1H3,(H3,20,21,22);1H. The van der Waals surface area contributed by atoms with E-state index in [1.165, 1.54) is 11.1 Å². The van der Waals surface area contributed by atoms with Crippen LogP contribution in [-0.2, 0) is 6.54 Å². The molecule has 3 rings (SSSR count). The first-order valence-electron chi connectivity index (χ1n) is 7.66. The molecule has 0 amide bonds. The van der Waals surface area contributed by atoms with Gasteiger partial charge in [-0.15, -0.1) is 24.0 Å². The highest BCUT2D eigenvalue weighted by atomic mass is 127. The van der Waals surface area contributed by atoms with Gasteiger partial charge < -0.3 is 15.8 Å². The van der Waals surface area contributed by atoms with E-state index in [1.807, 2.05) is 24.3 Å². The minimum atomic E-state index is 0. The van der Waals surface area contributed by atoms with Crippen LogP contribution in [0.25, 0.3) is 0 Å². The molecule has 1 aliphatic rings. The number of rotatable bonds is 3. The first-order valence-corrected chi connectivity index (χ1v) is 8.46. The quantitative estimate of drug-likeness (QED) is 0.374. The number of hydrogen-bond donors (Lipinski definition) is 2. The molecule has 128 valence electrons. The molecule has 6 heteroatoms. The molecule has 2 aromatic carbocycles. The molecule has 2 aromatic rings. The van der Waals surface area contributed by atoms with E-state index in [1.54, 1.807) is 0 Å². The average Bonchev–Trinajstić information content (AvgIpc) is 2.54. The van der Waals surface area contributed by atoms with Crippen LogP contribution in [0.4, 0.5) is 0 Å². The third-order valence-electron chi connectivity index (χ3n) is 4.01. The van der Waals surface area contributed by atoms with Crippen molar-refractivity contribution in [1.82, 2.24) is 5.32 Å². The van der Waals surface area contributed by atoms with Crippen molar-refractivity contribution >= 4 is 45.9 Å². The molecule has 3 N–H and O–H groups in total. The lowest BCUT2D eigenvalue weighted by molar-refractivity contribution is 0.262. The number of para-hydroxylation sites is 1. The van der Waals surface area contributed by atoms with E-state index in [-0.39, 0.29) is 30.0 Å². The molecule has 0 fully saturated rings. The summed E-state index contributed by atoms with van der Waals surface area (Å²) < 4.78 is 6.74. The van der Waals surface area contributed by atoms with Crippen LogP contribution in [0.15, 0.2) is 51.9 Å². The molecule has 1 unspecified atom stereocenters. The number of nitrogens with one attached hydrogen (secondary N) is 1. The maximum absolute atomic E-state index is 6.08. The van der Waals surface area contributed by atoms with Crippen molar-refractivity contribution in [3.8, 4) is 5.75 Å². The van der Waals surface area contributed by atoms with Gasteiger partial charge >= 0.3 is 0 Å². The van der Waals surface area contributed by atoms with Crippen LogP contribution in [0, 0.1) is 6.92 Å². The van der Waals surface area contributed by atoms with Crippen LogP contribution >= 0.6 is 39.9 Å². The number of nitrogens with two attached hydrogens (primary N) is 1. The molecular formula is C18H21BrIN3O. The molecule has 0 bridgehead atoms.